The molecule has 3 aromatic heterocycles. The number of ether oxygens (including phenoxy) is 1. The molecule has 0 unspecified atom stereocenters. The summed E-state index contributed by atoms with van der Waals surface area (Å²) in [6.45, 7) is 5.09. The number of piperidine rings is 1. The van der Waals surface area contributed by atoms with Crippen molar-refractivity contribution in [2.45, 2.75) is 44.8 Å². The summed E-state index contributed by atoms with van der Waals surface area (Å²) in [6, 6.07) is 3.77. The van der Waals surface area contributed by atoms with Crippen LogP contribution in [0.5, 0.6) is 0 Å². The van der Waals surface area contributed by atoms with Crippen LogP contribution in [-0.2, 0) is 30.4 Å². The third-order valence-electron chi connectivity index (χ3n) is 5.87. The maximum Gasteiger partial charge on any atom is 0.282 e. The number of aromatic nitrogens is 8. The van der Waals surface area contributed by atoms with Crippen molar-refractivity contribution in [3.63, 3.8) is 0 Å². The van der Waals surface area contributed by atoms with Gasteiger partial charge in [0.15, 0.2) is 11.6 Å². The number of hydrogen-bond donors (Lipinski definition) is 1. The van der Waals surface area contributed by atoms with Crippen LogP contribution in [0, 0.1) is 0 Å². The molecule has 0 spiro atoms. The summed E-state index contributed by atoms with van der Waals surface area (Å²) in [6.07, 6.45) is 1.93. The number of nitrogens with one attached hydrogen (secondary N) is 1. The van der Waals surface area contributed by atoms with E-state index in [4.69, 9.17) is 4.74 Å². The summed E-state index contributed by atoms with van der Waals surface area (Å²) in [4.78, 5) is 2.15. The first-order valence-corrected chi connectivity index (χ1v) is 10.9. The molecule has 33 heavy (non-hydrogen) atoms. The minimum absolute atomic E-state index is 0.215. The largest absolute Gasteiger partial charge is 0.380 e. The highest BCUT2D eigenvalue weighted by atomic mass is 19.3. The van der Waals surface area contributed by atoms with Gasteiger partial charge < -0.3 is 15.0 Å². The van der Waals surface area contributed by atoms with Crippen LogP contribution in [0.15, 0.2) is 24.5 Å². The normalized spacial score (nSPS) is 16.0. The van der Waals surface area contributed by atoms with Gasteiger partial charge in [0, 0.05) is 51.2 Å². The fraction of sp³-hybridized carbons (Fsp3) is 0.600. The van der Waals surface area contributed by atoms with Gasteiger partial charge in [0.25, 0.3) is 6.43 Å². The van der Waals surface area contributed by atoms with Crippen LogP contribution >= 0.6 is 0 Å². The fourth-order valence-corrected chi connectivity index (χ4v) is 4.19. The van der Waals surface area contributed by atoms with Crippen LogP contribution in [0.2, 0.25) is 0 Å². The maximum atomic E-state index is 13.5. The van der Waals surface area contributed by atoms with Gasteiger partial charge in [0.1, 0.15) is 5.69 Å². The molecule has 1 N–H and O–H groups in total. The third-order valence-corrected chi connectivity index (χ3v) is 5.87. The monoisotopic (exact) mass is 462 g/mol. The highest BCUT2D eigenvalue weighted by Crippen LogP contribution is 2.34. The molecule has 4 heterocycles. The highest BCUT2D eigenvalue weighted by Gasteiger charge is 2.41. The second kappa shape index (κ2) is 10.3. The molecular weight excluding hydrogens is 434 g/mol. The summed E-state index contributed by atoms with van der Waals surface area (Å²) in [5, 5.41) is 28.0. The standard InChI is InChI=1S/C20H28F2N10O/c1-3-33-12-11-32-19(26-28-29-32)20(23-13-15-14-30(2)27-17(15)18(21)22)6-9-31(10-7-20)16-5-4-8-24-25-16/h4-5,8,14,18,23H,3,6-7,9-13H2,1-2H3. The van der Waals surface area contributed by atoms with E-state index in [1.165, 1.54) is 4.68 Å². The SMILES string of the molecule is CCOCCn1nnnc1C1(NCc2cn(C)nc2C(F)F)CCN(c2cccnn2)CC1. The quantitative estimate of drug-likeness (QED) is 0.448. The van der Waals surface area contributed by atoms with Crippen molar-refractivity contribution in [1.29, 1.82) is 0 Å². The summed E-state index contributed by atoms with van der Waals surface area (Å²) in [5.74, 6) is 1.47. The Labute approximate surface area is 190 Å². The van der Waals surface area contributed by atoms with E-state index in [2.05, 4.69) is 41.0 Å². The summed E-state index contributed by atoms with van der Waals surface area (Å²) in [7, 11) is 1.64. The smallest absolute Gasteiger partial charge is 0.282 e. The van der Waals surface area contributed by atoms with Crippen molar-refractivity contribution in [2.24, 2.45) is 7.05 Å². The van der Waals surface area contributed by atoms with E-state index in [1.807, 2.05) is 19.1 Å². The lowest BCUT2D eigenvalue weighted by molar-refractivity contribution is 0.131. The third kappa shape index (κ3) is 5.14. The van der Waals surface area contributed by atoms with Crippen LogP contribution in [0.25, 0.3) is 0 Å². The average Bonchev–Trinajstić information content (AvgIpc) is 3.46. The lowest BCUT2D eigenvalue weighted by atomic mass is 9.86. The molecule has 0 amide bonds. The van der Waals surface area contributed by atoms with Crippen LogP contribution in [0.1, 0.15) is 43.3 Å². The van der Waals surface area contributed by atoms with E-state index in [0.717, 1.165) is 5.82 Å². The Hall–Kier alpha value is -3.06. The molecule has 1 aliphatic heterocycles. The molecule has 11 nitrogen and oxygen atoms in total. The molecule has 0 radical (unpaired) electrons. The molecule has 3 aromatic rings. The zero-order valence-electron chi connectivity index (χ0n) is 18.7. The molecule has 1 aliphatic rings. The van der Waals surface area contributed by atoms with Crippen molar-refractivity contribution in [2.75, 3.05) is 31.2 Å². The minimum atomic E-state index is -2.64. The van der Waals surface area contributed by atoms with Crippen molar-refractivity contribution < 1.29 is 13.5 Å². The Bertz CT molecular complexity index is 1020. The fourth-order valence-electron chi connectivity index (χ4n) is 4.19. The molecule has 0 atom stereocenters. The second-order valence-corrected chi connectivity index (χ2v) is 7.94. The molecule has 0 saturated carbocycles. The number of tetrazole rings is 1. The van der Waals surface area contributed by atoms with Gasteiger partial charge in [0.2, 0.25) is 0 Å². The van der Waals surface area contributed by atoms with Crippen molar-refractivity contribution in [1.82, 2.24) is 45.5 Å². The first-order valence-electron chi connectivity index (χ1n) is 10.9. The van der Waals surface area contributed by atoms with E-state index in [0.29, 0.717) is 57.1 Å². The number of rotatable bonds is 10. The van der Waals surface area contributed by atoms with Crippen LogP contribution < -0.4 is 10.2 Å². The zero-order chi connectivity index (χ0) is 23.3. The van der Waals surface area contributed by atoms with E-state index in [1.54, 1.807) is 24.1 Å². The molecule has 0 bridgehead atoms. The number of hydrogen-bond acceptors (Lipinski definition) is 9. The molecule has 0 aromatic carbocycles. The predicted molar refractivity (Wildman–Crippen MR) is 114 cm³/mol. The predicted octanol–water partition coefficient (Wildman–Crippen LogP) is 1.46. The summed E-state index contributed by atoms with van der Waals surface area (Å²) < 4.78 is 35.6. The molecule has 178 valence electrons. The van der Waals surface area contributed by atoms with Gasteiger partial charge >= 0.3 is 0 Å². The number of alkyl halides is 2. The molecular formula is C20H28F2N10O. The van der Waals surface area contributed by atoms with Gasteiger partial charge in [-0.2, -0.15) is 10.2 Å². The Morgan fingerprint density at radius 3 is 2.76 bits per heavy atom. The Morgan fingerprint density at radius 2 is 2.06 bits per heavy atom. The molecule has 0 aliphatic carbocycles. The Balaban J connectivity index is 1.58. The van der Waals surface area contributed by atoms with Crippen LogP contribution in [0.4, 0.5) is 14.6 Å². The second-order valence-electron chi connectivity index (χ2n) is 7.94. The number of anilines is 1. The molecule has 1 fully saturated rings. The van der Waals surface area contributed by atoms with Crippen molar-refractivity contribution in [3.8, 4) is 0 Å². The van der Waals surface area contributed by atoms with E-state index in [9.17, 15) is 8.78 Å². The number of halogens is 2. The lowest BCUT2D eigenvalue weighted by Crippen LogP contribution is -2.52. The summed E-state index contributed by atoms with van der Waals surface area (Å²) >= 11 is 0. The van der Waals surface area contributed by atoms with Crippen molar-refractivity contribution in [3.05, 3.63) is 41.6 Å². The topological polar surface area (TPSA) is 112 Å². The van der Waals surface area contributed by atoms with Crippen LogP contribution in [-0.4, -0.2) is 66.5 Å². The molecule has 13 heteroatoms. The van der Waals surface area contributed by atoms with E-state index >= 15 is 0 Å². The van der Waals surface area contributed by atoms with E-state index < -0.39 is 12.0 Å². The Kier molecular flexibility index (Phi) is 7.18. The van der Waals surface area contributed by atoms with Crippen LogP contribution in [0.3, 0.4) is 0 Å². The lowest BCUT2D eigenvalue weighted by Gasteiger charge is -2.41. The Morgan fingerprint density at radius 1 is 1.24 bits per heavy atom. The summed E-state index contributed by atoms with van der Waals surface area (Å²) in [5.41, 5.74) is -0.367. The number of aryl methyl sites for hydroxylation is 1. The van der Waals surface area contributed by atoms with Gasteiger partial charge in [-0.3, -0.25) is 4.68 Å². The van der Waals surface area contributed by atoms with Crippen molar-refractivity contribution >= 4 is 5.82 Å². The first-order chi connectivity index (χ1) is 16.0. The van der Waals surface area contributed by atoms with Gasteiger partial charge in [0.05, 0.1) is 18.7 Å². The first kappa shape index (κ1) is 23.1. The molecule has 1 saturated heterocycles. The minimum Gasteiger partial charge on any atom is -0.380 e. The zero-order valence-corrected chi connectivity index (χ0v) is 18.7. The maximum absolute atomic E-state index is 13.5. The van der Waals surface area contributed by atoms with Gasteiger partial charge in [-0.15, -0.1) is 10.2 Å². The number of nitrogens with zero attached hydrogens (tertiary/aromatic N) is 9. The van der Waals surface area contributed by atoms with Gasteiger partial charge in [-0.1, -0.05) is 0 Å². The highest BCUT2D eigenvalue weighted by molar-refractivity contribution is 5.37. The molecule has 4 rings (SSSR count). The van der Waals surface area contributed by atoms with E-state index in [-0.39, 0.29) is 12.2 Å². The van der Waals surface area contributed by atoms with Gasteiger partial charge in [-0.25, -0.2) is 13.5 Å². The average molecular weight is 463 g/mol. The van der Waals surface area contributed by atoms with Gasteiger partial charge in [-0.05, 0) is 42.3 Å².